The van der Waals surface area contributed by atoms with E-state index in [1.54, 1.807) is 0 Å². The summed E-state index contributed by atoms with van der Waals surface area (Å²) in [6, 6.07) is 0. The van der Waals surface area contributed by atoms with E-state index >= 15 is 0 Å². The van der Waals surface area contributed by atoms with Crippen LogP contribution >= 0.6 is 0 Å². The third kappa shape index (κ3) is 6.98. The van der Waals surface area contributed by atoms with Crippen molar-refractivity contribution in [1.29, 1.82) is 0 Å². The largest absolute Gasteiger partial charge is 0.475 e. The smallest absolute Gasteiger partial charge is 0.374 e. The number of aliphatic carboxylic acids is 1. The summed E-state index contributed by atoms with van der Waals surface area (Å²) >= 11 is 0. The van der Waals surface area contributed by atoms with Crippen LogP contribution in [-0.2, 0) is 44.5 Å². The summed E-state index contributed by atoms with van der Waals surface area (Å²) in [6.07, 6.45) is -2.56. The average Bonchev–Trinajstić information content (AvgIpc) is 3.32. The molecule has 3 rings (SSSR count). The van der Waals surface area contributed by atoms with E-state index < -0.39 is 85.4 Å². The number of carboxylic acid groups (broad SMARTS) is 1. The quantitative estimate of drug-likeness (QED) is 0.208. The molecule has 0 amide bonds. The van der Waals surface area contributed by atoms with Crippen LogP contribution in [0.15, 0.2) is 26.9 Å². The topological polar surface area (TPSA) is 181 Å². The Morgan fingerprint density at radius 2 is 1.62 bits per heavy atom. The van der Waals surface area contributed by atoms with E-state index in [1.165, 1.54) is 24.7 Å². The molecule has 1 aromatic heterocycles. The number of nitrogens with zero attached hydrogens (tertiary/aromatic N) is 2. The number of hydrogen-bond donors (Lipinski definition) is 2. The molecule has 2 aliphatic rings. The van der Waals surface area contributed by atoms with E-state index in [0.717, 1.165) is 9.98 Å². The van der Waals surface area contributed by atoms with Gasteiger partial charge in [0.25, 0.3) is 21.5 Å². The summed E-state index contributed by atoms with van der Waals surface area (Å²) < 4.78 is 54.5. The molecule has 4 atom stereocenters. The third-order valence-electron chi connectivity index (χ3n) is 9.47. The molecule has 2 N–H and O–H groups in total. The maximum atomic E-state index is 13.6. The van der Waals surface area contributed by atoms with E-state index in [0.29, 0.717) is 0 Å². The van der Waals surface area contributed by atoms with Crippen LogP contribution in [0.1, 0.15) is 53.3 Å². The molecule has 254 valence electrons. The van der Waals surface area contributed by atoms with Crippen molar-refractivity contribution in [2.75, 3.05) is 13.2 Å². The SMILES string of the molecule is Cc1cn([C@@H]2O[C@H](CO[Si](C)(C)C(C)(C)C)[C@@]3(OS(=O)(=O)C=C3NCC(=O)C(=O)O)[C@H]2O[Si](C)(C)C(C)(C)C)c(=O)n(C)c1=O. The van der Waals surface area contributed by atoms with Crippen LogP contribution in [0.4, 0.5) is 0 Å². The average molecular weight is 690 g/mol. The van der Waals surface area contributed by atoms with Crippen molar-refractivity contribution in [2.24, 2.45) is 7.05 Å². The van der Waals surface area contributed by atoms with Gasteiger partial charge in [0.2, 0.25) is 0 Å². The van der Waals surface area contributed by atoms with Gasteiger partial charge in [-0.05, 0) is 43.2 Å². The lowest BCUT2D eigenvalue weighted by Crippen LogP contribution is -2.60. The summed E-state index contributed by atoms with van der Waals surface area (Å²) in [5.74, 6) is -2.93. The summed E-state index contributed by atoms with van der Waals surface area (Å²) in [7, 11) is -8.45. The van der Waals surface area contributed by atoms with Gasteiger partial charge < -0.3 is 24.0 Å². The number of aryl methyl sites for hydroxylation is 1. The minimum Gasteiger partial charge on any atom is -0.475 e. The van der Waals surface area contributed by atoms with Gasteiger partial charge in [-0.3, -0.25) is 18.7 Å². The minimum absolute atomic E-state index is 0.165. The number of ether oxygens (including phenoxy) is 1. The van der Waals surface area contributed by atoms with Crippen molar-refractivity contribution < 1.29 is 40.9 Å². The van der Waals surface area contributed by atoms with Crippen molar-refractivity contribution >= 4 is 38.5 Å². The predicted octanol–water partition coefficient (Wildman–Crippen LogP) is 2.35. The molecular weight excluding hydrogens is 643 g/mol. The second-order valence-corrected chi connectivity index (χ2v) is 25.7. The molecule has 3 heterocycles. The maximum absolute atomic E-state index is 13.6. The van der Waals surface area contributed by atoms with Gasteiger partial charge in [0, 0.05) is 18.8 Å². The maximum Gasteiger partial charge on any atom is 0.374 e. The fourth-order valence-corrected chi connectivity index (χ4v) is 8.19. The Morgan fingerprint density at radius 1 is 1.07 bits per heavy atom. The van der Waals surface area contributed by atoms with Crippen molar-refractivity contribution in [1.82, 2.24) is 14.5 Å². The molecule has 45 heavy (non-hydrogen) atoms. The van der Waals surface area contributed by atoms with Gasteiger partial charge in [-0.1, -0.05) is 41.5 Å². The number of carbonyl (C=O) groups excluding carboxylic acids is 1. The second kappa shape index (κ2) is 12.0. The van der Waals surface area contributed by atoms with E-state index in [-0.39, 0.29) is 22.9 Å². The Kier molecular flexibility index (Phi) is 9.87. The van der Waals surface area contributed by atoms with Crippen molar-refractivity contribution in [3.05, 3.63) is 43.7 Å². The van der Waals surface area contributed by atoms with E-state index in [2.05, 4.69) is 5.32 Å². The molecule has 1 saturated heterocycles. The van der Waals surface area contributed by atoms with Crippen molar-refractivity contribution in [3.63, 3.8) is 0 Å². The van der Waals surface area contributed by atoms with Crippen molar-refractivity contribution in [2.45, 2.75) is 109 Å². The van der Waals surface area contributed by atoms with E-state index in [1.807, 2.05) is 67.7 Å². The molecule has 0 aromatic carbocycles. The zero-order valence-electron chi connectivity index (χ0n) is 28.1. The fraction of sp³-hybridized carbons (Fsp3) is 0.714. The first-order valence-electron chi connectivity index (χ1n) is 14.6. The van der Waals surface area contributed by atoms with Crippen LogP contribution in [-0.4, -0.2) is 82.0 Å². The second-order valence-electron chi connectivity index (χ2n) is 14.7. The van der Waals surface area contributed by atoms with Gasteiger partial charge >= 0.3 is 11.7 Å². The first-order chi connectivity index (χ1) is 20.2. The Balaban J connectivity index is 2.35. The number of hydrogen-bond acceptors (Lipinski definition) is 11. The lowest BCUT2D eigenvalue weighted by atomic mass is 9.89. The molecular formula is C28H47N3O11SSi2. The van der Waals surface area contributed by atoms with E-state index in [4.69, 9.17) is 17.8 Å². The number of nitrogens with one attached hydrogen (secondary N) is 1. The normalized spacial score (nSPS) is 25.4. The molecule has 0 bridgehead atoms. The number of rotatable bonds is 10. The van der Waals surface area contributed by atoms with Crippen LogP contribution in [0, 0.1) is 6.92 Å². The zero-order valence-corrected chi connectivity index (χ0v) is 30.9. The summed E-state index contributed by atoms with van der Waals surface area (Å²) in [5, 5.41) is 12.0. The molecule has 14 nitrogen and oxygen atoms in total. The van der Waals surface area contributed by atoms with Crippen LogP contribution in [0.25, 0.3) is 0 Å². The molecule has 1 aromatic rings. The molecule has 2 aliphatic heterocycles. The fourth-order valence-electron chi connectivity index (χ4n) is 4.63. The monoisotopic (exact) mass is 689 g/mol. The highest BCUT2D eigenvalue weighted by atomic mass is 32.2. The molecule has 0 unspecified atom stereocenters. The van der Waals surface area contributed by atoms with Crippen LogP contribution in [0.2, 0.25) is 36.3 Å². The van der Waals surface area contributed by atoms with Gasteiger partial charge in [0.05, 0.1) is 24.3 Å². The van der Waals surface area contributed by atoms with Gasteiger partial charge in [-0.15, -0.1) is 0 Å². The van der Waals surface area contributed by atoms with Gasteiger partial charge in [0.15, 0.2) is 28.5 Å². The minimum atomic E-state index is -4.45. The Morgan fingerprint density at radius 3 is 2.13 bits per heavy atom. The number of ketones is 1. The Hall–Kier alpha value is -2.42. The zero-order chi connectivity index (χ0) is 34.7. The highest BCUT2D eigenvalue weighted by molar-refractivity contribution is 7.90. The first kappa shape index (κ1) is 37.0. The molecule has 0 aliphatic carbocycles. The molecule has 1 fully saturated rings. The van der Waals surface area contributed by atoms with Gasteiger partial charge in [-0.2, -0.15) is 8.42 Å². The molecule has 17 heteroatoms. The lowest BCUT2D eigenvalue weighted by molar-refractivity contribution is -0.148. The molecule has 0 radical (unpaired) electrons. The van der Waals surface area contributed by atoms with Crippen molar-refractivity contribution in [3.8, 4) is 0 Å². The first-order valence-corrected chi connectivity index (χ1v) is 21.9. The Bertz CT molecular complexity index is 1620. The van der Waals surface area contributed by atoms with E-state index in [9.17, 15) is 32.7 Å². The number of aromatic nitrogens is 2. The standard InChI is InChI=1S/C28H47N3O11SSi2/c1-17-14-31(25(36)30(8)22(17)33)23-21(41-45(11,12)27(5,6)7)28(20(40-23)15-39-44(9,10)26(2,3)4)19(16-43(37,38)42-28)29-13-18(32)24(34)35/h14,16,20-21,23,29H,13,15H2,1-12H3,(H,34,35)/t20-,21+,23-,28-/m1/s1. The van der Waals surface area contributed by atoms with Crippen LogP contribution in [0.5, 0.6) is 0 Å². The van der Waals surface area contributed by atoms with Gasteiger partial charge in [0.1, 0.15) is 12.2 Å². The van der Waals surface area contributed by atoms with Crippen LogP contribution in [0.3, 0.4) is 0 Å². The predicted molar refractivity (Wildman–Crippen MR) is 171 cm³/mol. The molecule has 0 saturated carbocycles. The highest BCUT2D eigenvalue weighted by Crippen LogP contribution is 2.52. The highest BCUT2D eigenvalue weighted by Gasteiger charge is 2.68. The lowest BCUT2D eigenvalue weighted by Gasteiger charge is -2.44. The molecule has 1 spiro atoms. The number of carboxylic acids is 1. The summed E-state index contributed by atoms with van der Waals surface area (Å²) in [6.45, 7) is 20.5. The Labute approximate surface area is 266 Å². The summed E-state index contributed by atoms with van der Waals surface area (Å²) in [5.41, 5.74) is -3.22. The van der Waals surface area contributed by atoms with Crippen LogP contribution < -0.4 is 16.6 Å². The number of Topliss-reactive ketones (excluding diaryl/α,β-unsaturated/α-hetero) is 1. The van der Waals surface area contributed by atoms with Gasteiger partial charge in [-0.25, -0.2) is 13.8 Å². The summed E-state index contributed by atoms with van der Waals surface area (Å²) in [4.78, 5) is 49.7. The third-order valence-corrected chi connectivity index (χ3v) is 19.5. The number of carbonyl (C=O) groups is 2.